The van der Waals surface area contributed by atoms with Crippen LogP contribution in [0.2, 0.25) is 0 Å². The zero-order chi connectivity index (χ0) is 26.3. The Hall–Kier alpha value is -3.56. The molecule has 7 nitrogen and oxygen atoms in total. The fourth-order valence-corrected chi connectivity index (χ4v) is 4.83. The van der Waals surface area contributed by atoms with Gasteiger partial charge in [-0.3, -0.25) is 9.59 Å². The highest BCUT2D eigenvalue weighted by atomic mass is 32.2. The van der Waals surface area contributed by atoms with Gasteiger partial charge in [0, 0.05) is 23.2 Å². The molecule has 1 unspecified atom stereocenters. The summed E-state index contributed by atoms with van der Waals surface area (Å²) < 4.78 is 41.2. The number of anilines is 1. The molecule has 2 amide bonds. The van der Waals surface area contributed by atoms with Crippen LogP contribution in [0.15, 0.2) is 83.8 Å². The molecule has 9 heteroatoms. The van der Waals surface area contributed by atoms with E-state index < -0.39 is 39.2 Å². The van der Waals surface area contributed by atoms with Gasteiger partial charge >= 0.3 is 0 Å². The summed E-state index contributed by atoms with van der Waals surface area (Å²) in [5.41, 5.74) is 0.837. The third-order valence-corrected chi connectivity index (χ3v) is 7.45. The summed E-state index contributed by atoms with van der Waals surface area (Å²) in [6.07, 6.45) is 0.842. The summed E-state index contributed by atoms with van der Waals surface area (Å²) in [5, 5.41) is 5.45. The molecule has 36 heavy (non-hydrogen) atoms. The van der Waals surface area contributed by atoms with E-state index in [9.17, 15) is 22.4 Å². The minimum atomic E-state index is -3.73. The Labute approximate surface area is 211 Å². The first kappa shape index (κ1) is 27.0. The van der Waals surface area contributed by atoms with Crippen molar-refractivity contribution in [1.29, 1.82) is 0 Å². The predicted octanol–water partition coefficient (Wildman–Crippen LogP) is 4.27. The van der Waals surface area contributed by atoms with Crippen LogP contribution < -0.4 is 15.4 Å². The third-order valence-electron chi connectivity index (χ3n) is 5.74. The second-order valence-corrected chi connectivity index (χ2v) is 10.8. The van der Waals surface area contributed by atoms with Gasteiger partial charge in [0.05, 0.1) is 4.90 Å². The zero-order valence-electron chi connectivity index (χ0n) is 20.4. The number of hydrogen-bond acceptors (Lipinski definition) is 4. The van der Waals surface area contributed by atoms with E-state index in [1.54, 1.807) is 13.8 Å². The van der Waals surface area contributed by atoms with E-state index in [0.717, 1.165) is 5.56 Å². The van der Waals surface area contributed by atoms with Gasteiger partial charge in [-0.25, -0.2) is 17.5 Å². The molecule has 0 aliphatic rings. The van der Waals surface area contributed by atoms with Crippen LogP contribution in [0.4, 0.5) is 10.1 Å². The minimum Gasteiger partial charge on any atom is -0.340 e. The van der Waals surface area contributed by atoms with Crippen LogP contribution in [0.25, 0.3) is 0 Å². The standard InChI is InChI=1S/C27H30FN3O4S/c1-4-27(2,3)31-36(34,35)23-16-14-22(15-17-23)29-26(33)24(18-19-8-6-5-7-9-19)30-25(32)20-10-12-21(28)13-11-20/h5-17,24,31H,4,18H2,1-3H3,(H,29,33)(H,30,32). The van der Waals surface area contributed by atoms with Crippen LogP contribution in [-0.2, 0) is 21.2 Å². The molecule has 0 saturated heterocycles. The molecule has 0 aliphatic heterocycles. The van der Waals surface area contributed by atoms with Gasteiger partial charge in [0.25, 0.3) is 5.91 Å². The number of carbonyl (C=O) groups excluding carboxylic acids is 2. The van der Waals surface area contributed by atoms with Gasteiger partial charge in [-0.15, -0.1) is 0 Å². The molecule has 3 aromatic carbocycles. The first-order valence-corrected chi connectivity index (χ1v) is 13.0. The number of rotatable bonds is 10. The van der Waals surface area contributed by atoms with Crippen LogP contribution in [0.3, 0.4) is 0 Å². The summed E-state index contributed by atoms with van der Waals surface area (Å²) in [7, 11) is -3.73. The highest BCUT2D eigenvalue weighted by molar-refractivity contribution is 7.89. The highest BCUT2D eigenvalue weighted by Gasteiger charge is 2.25. The second kappa shape index (κ2) is 11.5. The highest BCUT2D eigenvalue weighted by Crippen LogP contribution is 2.18. The topological polar surface area (TPSA) is 104 Å². The molecule has 3 N–H and O–H groups in total. The lowest BCUT2D eigenvalue weighted by Crippen LogP contribution is -2.45. The lowest BCUT2D eigenvalue weighted by atomic mass is 10.0. The Morgan fingerprint density at radius 1 is 0.917 bits per heavy atom. The average molecular weight is 512 g/mol. The van der Waals surface area contributed by atoms with Gasteiger partial charge in [-0.05, 0) is 74.4 Å². The van der Waals surface area contributed by atoms with Crippen LogP contribution in [-0.4, -0.2) is 31.8 Å². The summed E-state index contributed by atoms with van der Waals surface area (Å²) >= 11 is 0. The van der Waals surface area contributed by atoms with Crippen molar-refractivity contribution in [2.75, 3.05) is 5.32 Å². The van der Waals surface area contributed by atoms with E-state index in [1.165, 1.54) is 48.5 Å². The molecule has 0 radical (unpaired) electrons. The first-order valence-electron chi connectivity index (χ1n) is 11.5. The van der Waals surface area contributed by atoms with Gasteiger partial charge < -0.3 is 10.6 Å². The van der Waals surface area contributed by atoms with Crippen molar-refractivity contribution >= 4 is 27.5 Å². The maximum atomic E-state index is 13.2. The smallest absolute Gasteiger partial charge is 0.251 e. The van der Waals surface area contributed by atoms with E-state index in [-0.39, 0.29) is 16.9 Å². The molecule has 190 valence electrons. The van der Waals surface area contributed by atoms with Gasteiger partial charge in [0.2, 0.25) is 15.9 Å². The van der Waals surface area contributed by atoms with E-state index in [0.29, 0.717) is 12.1 Å². The van der Waals surface area contributed by atoms with E-state index in [4.69, 9.17) is 0 Å². The molecule has 0 saturated carbocycles. The Kier molecular flexibility index (Phi) is 8.60. The van der Waals surface area contributed by atoms with Crippen molar-refractivity contribution in [1.82, 2.24) is 10.0 Å². The quantitative estimate of drug-likeness (QED) is 0.378. The van der Waals surface area contributed by atoms with Crippen molar-refractivity contribution in [2.24, 2.45) is 0 Å². The van der Waals surface area contributed by atoms with Crippen LogP contribution >= 0.6 is 0 Å². The first-order chi connectivity index (χ1) is 17.0. The molecular formula is C27H30FN3O4S. The summed E-state index contributed by atoms with van der Waals surface area (Å²) in [6.45, 7) is 5.49. The molecule has 1 atom stereocenters. The van der Waals surface area contributed by atoms with E-state index in [1.807, 2.05) is 37.3 Å². The zero-order valence-corrected chi connectivity index (χ0v) is 21.2. The molecule has 0 spiro atoms. The van der Waals surface area contributed by atoms with Crippen molar-refractivity contribution in [3.63, 3.8) is 0 Å². The van der Waals surface area contributed by atoms with Crippen molar-refractivity contribution in [3.05, 3.63) is 95.8 Å². The Morgan fingerprint density at radius 3 is 2.11 bits per heavy atom. The van der Waals surface area contributed by atoms with E-state index in [2.05, 4.69) is 15.4 Å². The number of benzene rings is 3. The fraction of sp³-hybridized carbons (Fsp3) is 0.259. The van der Waals surface area contributed by atoms with Crippen molar-refractivity contribution < 1.29 is 22.4 Å². The number of amides is 2. The molecular weight excluding hydrogens is 481 g/mol. The Morgan fingerprint density at radius 2 is 1.53 bits per heavy atom. The molecule has 3 aromatic rings. The van der Waals surface area contributed by atoms with Crippen LogP contribution in [0, 0.1) is 5.82 Å². The van der Waals surface area contributed by atoms with Gasteiger partial charge in [-0.2, -0.15) is 0 Å². The monoisotopic (exact) mass is 511 g/mol. The van der Waals surface area contributed by atoms with Crippen molar-refractivity contribution in [2.45, 2.75) is 50.1 Å². The number of sulfonamides is 1. The van der Waals surface area contributed by atoms with Gasteiger partial charge in [-0.1, -0.05) is 37.3 Å². The molecule has 0 aliphatic carbocycles. The third kappa shape index (κ3) is 7.47. The second-order valence-electron chi connectivity index (χ2n) is 9.08. The Balaban J connectivity index is 1.76. The molecule has 3 rings (SSSR count). The maximum absolute atomic E-state index is 13.2. The molecule has 0 heterocycles. The largest absolute Gasteiger partial charge is 0.340 e. The Bertz CT molecular complexity index is 1290. The van der Waals surface area contributed by atoms with E-state index >= 15 is 0 Å². The maximum Gasteiger partial charge on any atom is 0.251 e. The lowest BCUT2D eigenvalue weighted by Gasteiger charge is -2.24. The lowest BCUT2D eigenvalue weighted by molar-refractivity contribution is -0.118. The van der Waals surface area contributed by atoms with Gasteiger partial charge in [0.1, 0.15) is 11.9 Å². The SMILES string of the molecule is CCC(C)(C)NS(=O)(=O)c1ccc(NC(=O)C(Cc2ccccc2)NC(=O)c2ccc(F)cc2)cc1. The normalized spacial score (nSPS) is 12.6. The number of hydrogen-bond donors (Lipinski definition) is 3. The molecule has 0 aromatic heterocycles. The fourth-order valence-electron chi connectivity index (χ4n) is 3.34. The van der Waals surface area contributed by atoms with Crippen LogP contribution in [0.1, 0.15) is 43.1 Å². The van der Waals surface area contributed by atoms with Gasteiger partial charge in [0.15, 0.2) is 0 Å². The van der Waals surface area contributed by atoms with Crippen LogP contribution in [0.5, 0.6) is 0 Å². The molecule has 0 bridgehead atoms. The average Bonchev–Trinajstić information content (AvgIpc) is 2.84. The summed E-state index contributed by atoms with van der Waals surface area (Å²) in [4.78, 5) is 25.9. The minimum absolute atomic E-state index is 0.0764. The number of nitrogens with one attached hydrogen (secondary N) is 3. The summed E-state index contributed by atoms with van der Waals surface area (Å²) in [5.74, 6) is -1.46. The molecule has 0 fully saturated rings. The van der Waals surface area contributed by atoms with Crippen molar-refractivity contribution in [3.8, 4) is 0 Å². The number of carbonyl (C=O) groups is 2. The summed E-state index contributed by atoms with van der Waals surface area (Å²) in [6, 6.07) is 19.1. The predicted molar refractivity (Wildman–Crippen MR) is 138 cm³/mol. The number of halogens is 1.